The van der Waals surface area contributed by atoms with Crippen LogP contribution in [0.2, 0.25) is 0 Å². The Labute approximate surface area is 112 Å². The predicted octanol–water partition coefficient (Wildman–Crippen LogP) is 1.44. The van der Waals surface area contributed by atoms with Gasteiger partial charge in [0.15, 0.2) is 0 Å². The van der Waals surface area contributed by atoms with Crippen molar-refractivity contribution in [1.29, 1.82) is 0 Å². The Morgan fingerprint density at radius 2 is 2.18 bits per heavy atom. The topological polar surface area (TPSA) is 32.3 Å². The lowest BCUT2D eigenvalue weighted by Gasteiger charge is -2.26. The van der Waals surface area contributed by atoms with Gasteiger partial charge in [-0.2, -0.15) is 11.8 Å². The molecule has 3 nitrogen and oxygen atoms in total. The first-order chi connectivity index (χ1) is 8.27. The van der Waals surface area contributed by atoms with E-state index in [2.05, 4.69) is 5.32 Å². The first-order valence-electron chi connectivity index (χ1n) is 6.43. The summed E-state index contributed by atoms with van der Waals surface area (Å²) < 4.78 is 0. The monoisotopic (exact) mass is 274 g/mol. The third kappa shape index (κ3) is 4.07. The maximum absolute atomic E-state index is 12.1. The zero-order valence-electron chi connectivity index (χ0n) is 10.5. The Morgan fingerprint density at radius 3 is 2.82 bits per heavy atom. The third-order valence-electron chi connectivity index (χ3n) is 3.58. The molecule has 98 valence electrons. The van der Waals surface area contributed by atoms with Gasteiger partial charge in [-0.15, -0.1) is 11.8 Å². The summed E-state index contributed by atoms with van der Waals surface area (Å²) >= 11 is 3.82. The maximum Gasteiger partial charge on any atom is 0.232 e. The van der Waals surface area contributed by atoms with E-state index in [-0.39, 0.29) is 0 Å². The number of nitrogens with zero attached hydrogens (tertiary/aromatic N) is 1. The number of carbonyl (C=O) groups is 1. The van der Waals surface area contributed by atoms with Gasteiger partial charge < -0.3 is 10.2 Å². The van der Waals surface area contributed by atoms with E-state index in [1.54, 1.807) is 0 Å². The van der Waals surface area contributed by atoms with Crippen molar-refractivity contribution in [1.82, 2.24) is 10.2 Å². The van der Waals surface area contributed by atoms with Gasteiger partial charge in [-0.3, -0.25) is 4.79 Å². The highest BCUT2D eigenvalue weighted by atomic mass is 32.2. The van der Waals surface area contributed by atoms with Crippen LogP contribution in [-0.2, 0) is 4.79 Å². The predicted molar refractivity (Wildman–Crippen MR) is 76.8 cm³/mol. The van der Waals surface area contributed by atoms with Gasteiger partial charge in [0.2, 0.25) is 5.91 Å². The summed E-state index contributed by atoms with van der Waals surface area (Å²) in [6, 6.07) is 0.487. The molecule has 2 saturated heterocycles. The van der Waals surface area contributed by atoms with Crippen molar-refractivity contribution in [3.8, 4) is 0 Å². The fourth-order valence-electron chi connectivity index (χ4n) is 2.28. The first kappa shape index (κ1) is 13.6. The molecule has 0 saturated carbocycles. The molecule has 1 N–H and O–H groups in total. The van der Waals surface area contributed by atoms with Gasteiger partial charge in [0.1, 0.15) is 0 Å². The number of carbonyl (C=O) groups excluding carboxylic acids is 1. The Bertz CT molecular complexity index is 251. The zero-order valence-corrected chi connectivity index (χ0v) is 12.1. The molecular formula is C12H22N2OS2. The number of piperidine rings is 1. The third-order valence-corrected chi connectivity index (χ3v) is 6.08. The van der Waals surface area contributed by atoms with Crippen molar-refractivity contribution in [3.63, 3.8) is 0 Å². The maximum atomic E-state index is 12.1. The van der Waals surface area contributed by atoms with E-state index in [4.69, 9.17) is 0 Å². The molecule has 2 aliphatic rings. The van der Waals surface area contributed by atoms with Crippen LogP contribution in [0.3, 0.4) is 0 Å². The molecule has 1 atom stereocenters. The molecule has 2 fully saturated rings. The van der Waals surface area contributed by atoms with E-state index in [1.165, 1.54) is 25.0 Å². The summed E-state index contributed by atoms with van der Waals surface area (Å²) in [6.45, 7) is 2.22. The lowest BCUT2D eigenvalue weighted by atomic mass is 10.2. The molecule has 0 radical (unpaired) electrons. The number of nitrogens with one attached hydrogen (secondary N) is 1. The van der Waals surface area contributed by atoms with E-state index < -0.39 is 0 Å². The Hall–Kier alpha value is 0.130. The molecule has 0 aliphatic carbocycles. The molecule has 0 aromatic rings. The smallest absolute Gasteiger partial charge is 0.232 e. The minimum Gasteiger partial charge on any atom is -0.341 e. The van der Waals surface area contributed by atoms with Crippen molar-refractivity contribution in [2.24, 2.45) is 0 Å². The highest BCUT2D eigenvalue weighted by Crippen LogP contribution is 2.24. The van der Waals surface area contributed by atoms with Crippen LogP contribution in [0, 0.1) is 0 Å². The fraction of sp³-hybridized carbons (Fsp3) is 0.917. The SMILES string of the molecule is CN(C(=O)CSC1CCNCC1)C1CCSC1. The molecule has 0 aromatic carbocycles. The van der Waals surface area contributed by atoms with Crippen LogP contribution in [0.1, 0.15) is 19.3 Å². The van der Waals surface area contributed by atoms with Gasteiger partial charge in [0.25, 0.3) is 0 Å². The van der Waals surface area contributed by atoms with Gasteiger partial charge in [-0.05, 0) is 38.1 Å². The number of hydrogen-bond acceptors (Lipinski definition) is 4. The largest absolute Gasteiger partial charge is 0.341 e. The summed E-state index contributed by atoms with van der Waals surface area (Å²) in [4.78, 5) is 14.0. The van der Waals surface area contributed by atoms with Crippen LogP contribution in [0.4, 0.5) is 0 Å². The summed E-state index contributed by atoms with van der Waals surface area (Å²) in [5, 5.41) is 4.05. The minimum absolute atomic E-state index is 0.320. The van der Waals surface area contributed by atoms with Crippen molar-refractivity contribution in [2.75, 3.05) is 37.4 Å². The van der Waals surface area contributed by atoms with Crippen LogP contribution < -0.4 is 5.32 Å². The molecule has 1 unspecified atom stereocenters. The van der Waals surface area contributed by atoms with Crippen molar-refractivity contribution in [2.45, 2.75) is 30.6 Å². The van der Waals surface area contributed by atoms with Gasteiger partial charge in [0.05, 0.1) is 5.75 Å². The van der Waals surface area contributed by atoms with Crippen molar-refractivity contribution < 1.29 is 4.79 Å². The normalized spacial score (nSPS) is 26.1. The van der Waals surface area contributed by atoms with Crippen LogP contribution in [-0.4, -0.2) is 59.5 Å². The van der Waals surface area contributed by atoms with Gasteiger partial charge in [-0.25, -0.2) is 0 Å². The van der Waals surface area contributed by atoms with Crippen LogP contribution in [0.25, 0.3) is 0 Å². The van der Waals surface area contributed by atoms with E-state index in [9.17, 15) is 4.79 Å². The first-order valence-corrected chi connectivity index (χ1v) is 8.63. The molecule has 1 amide bonds. The molecule has 17 heavy (non-hydrogen) atoms. The molecule has 0 aromatic heterocycles. The molecule has 0 spiro atoms. The molecule has 2 heterocycles. The highest BCUT2D eigenvalue weighted by Gasteiger charge is 2.24. The average molecular weight is 274 g/mol. The second-order valence-electron chi connectivity index (χ2n) is 4.78. The van der Waals surface area contributed by atoms with Crippen LogP contribution in [0.5, 0.6) is 0 Å². The Balaban J connectivity index is 1.68. The van der Waals surface area contributed by atoms with Crippen molar-refractivity contribution in [3.05, 3.63) is 0 Å². The zero-order chi connectivity index (χ0) is 12.1. The fourth-order valence-corrected chi connectivity index (χ4v) is 4.70. The van der Waals surface area contributed by atoms with E-state index in [0.717, 1.165) is 18.8 Å². The Kier molecular flexibility index (Phi) is 5.50. The Morgan fingerprint density at radius 1 is 1.41 bits per heavy atom. The van der Waals surface area contributed by atoms with E-state index >= 15 is 0 Å². The van der Waals surface area contributed by atoms with Crippen molar-refractivity contribution >= 4 is 29.4 Å². The van der Waals surface area contributed by atoms with Crippen LogP contribution >= 0.6 is 23.5 Å². The number of thioether (sulfide) groups is 2. The van der Waals surface area contributed by atoms with Gasteiger partial charge in [-0.1, -0.05) is 0 Å². The lowest BCUT2D eigenvalue weighted by Crippen LogP contribution is -2.38. The molecular weight excluding hydrogens is 252 g/mol. The molecule has 2 aliphatic heterocycles. The minimum atomic E-state index is 0.320. The quantitative estimate of drug-likeness (QED) is 0.841. The number of amides is 1. The average Bonchev–Trinajstić information content (AvgIpc) is 2.90. The second-order valence-corrected chi connectivity index (χ2v) is 7.22. The summed E-state index contributed by atoms with van der Waals surface area (Å²) in [5.41, 5.74) is 0. The summed E-state index contributed by atoms with van der Waals surface area (Å²) in [5.74, 6) is 3.33. The number of rotatable bonds is 4. The summed E-state index contributed by atoms with van der Waals surface area (Å²) in [6.07, 6.45) is 3.59. The molecule has 5 heteroatoms. The van der Waals surface area contributed by atoms with Gasteiger partial charge >= 0.3 is 0 Å². The number of hydrogen-bond donors (Lipinski definition) is 1. The summed E-state index contributed by atoms with van der Waals surface area (Å²) in [7, 11) is 1.97. The molecule has 2 rings (SSSR count). The lowest BCUT2D eigenvalue weighted by molar-refractivity contribution is -0.128. The van der Waals surface area contributed by atoms with E-state index in [1.807, 2.05) is 35.5 Å². The highest BCUT2D eigenvalue weighted by molar-refractivity contribution is 8.00. The van der Waals surface area contributed by atoms with Gasteiger partial charge in [0, 0.05) is 24.1 Å². The molecule has 0 bridgehead atoms. The van der Waals surface area contributed by atoms with E-state index in [0.29, 0.717) is 23.0 Å². The van der Waals surface area contributed by atoms with Crippen LogP contribution in [0.15, 0.2) is 0 Å². The standard InChI is InChI=1S/C12H22N2OS2/c1-14(10-4-7-16-8-10)12(15)9-17-11-2-5-13-6-3-11/h10-11,13H,2-9H2,1H3. The second kappa shape index (κ2) is 6.90.